The number of benzene rings is 3. The van der Waals surface area contributed by atoms with Gasteiger partial charge in [0.2, 0.25) is 0 Å². The molecule has 5 aromatic rings. The highest BCUT2D eigenvalue weighted by atomic mass is 15.0. The van der Waals surface area contributed by atoms with Crippen LogP contribution in [-0.4, -0.2) is 22.6 Å². The number of aliphatic imine (C=N–C) groups is 2. The molecule has 5 rings (SSSR count). The number of hydrogen-bond acceptors (Lipinski definition) is 2. The summed E-state index contributed by atoms with van der Waals surface area (Å²) in [6, 6.07) is 25.3. The van der Waals surface area contributed by atoms with Crippen LogP contribution in [0.4, 0.5) is 11.4 Å². The van der Waals surface area contributed by atoms with E-state index in [4.69, 9.17) is 0 Å². The van der Waals surface area contributed by atoms with E-state index in [9.17, 15) is 0 Å². The van der Waals surface area contributed by atoms with Gasteiger partial charge in [0, 0.05) is 22.1 Å². The summed E-state index contributed by atoms with van der Waals surface area (Å²) < 4.78 is 4.52. The minimum Gasteiger partial charge on any atom is -0.308 e. The molecule has 0 unspecified atom stereocenters. The Balaban J connectivity index is 1.83. The Bertz CT molecular complexity index is 1630. The van der Waals surface area contributed by atoms with Gasteiger partial charge in [0.1, 0.15) is 0 Å². The Labute approximate surface area is 205 Å². The van der Waals surface area contributed by atoms with E-state index in [2.05, 4.69) is 118 Å². The van der Waals surface area contributed by atoms with E-state index in [1.54, 1.807) is 0 Å². The maximum Gasteiger partial charge on any atom is 0.0956 e. The third-order valence-corrected chi connectivity index (χ3v) is 6.27. The van der Waals surface area contributed by atoms with Crippen molar-refractivity contribution in [2.24, 2.45) is 9.98 Å². The van der Waals surface area contributed by atoms with Crippen molar-refractivity contribution in [3.05, 3.63) is 96.3 Å². The molecule has 3 aromatic carbocycles. The lowest BCUT2D eigenvalue weighted by Crippen LogP contribution is -2.01. The fourth-order valence-electron chi connectivity index (χ4n) is 4.84. The van der Waals surface area contributed by atoms with Crippen molar-refractivity contribution in [2.75, 3.05) is 0 Å². The standard InChI is InChI=1S/C31H28N4/c1-5-7-18-29-31(33-4)25-17-9-11-20-27(25)35(29)23-15-12-14-22(21-23)34-26-19-10-8-16-24(26)30(32-3)28(34)13-6-2/h6-21H,3-5H2,1-2H3/b13-6-,18-7-. The van der Waals surface area contributed by atoms with Crippen molar-refractivity contribution in [2.45, 2.75) is 20.3 Å². The van der Waals surface area contributed by atoms with Crippen molar-refractivity contribution < 1.29 is 0 Å². The van der Waals surface area contributed by atoms with Gasteiger partial charge in [0.25, 0.3) is 0 Å². The second-order valence-corrected chi connectivity index (χ2v) is 8.32. The zero-order valence-electron chi connectivity index (χ0n) is 20.1. The van der Waals surface area contributed by atoms with Crippen molar-refractivity contribution in [1.29, 1.82) is 0 Å². The Morgan fingerprint density at radius 3 is 1.71 bits per heavy atom. The third-order valence-electron chi connectivity index (χ3n) is 6.27. The number of rotatable bonds is 7. The summed E-state index contributed by atoms with van der Waals surface area (Å²) in [6.45, 7) is 11.9. The van der Waals surface area contributed by atoms with Crippen LogP contribution in [-0.2, 0) is 0 Å². The van der Waals surface area contributed by atoms with Crippen molar-refractivity contribution >= 4 is 58.8 Å². The summed E-state index contributed by atoms with van der Waals surface area (Å²) in [6.07, 6.45) is 9.38. The highest BCUT2D eigenvalue weighted by molar-refractivity contribution is 6.00. The molecule has 4 heteroatoms. The molecule has 4 nitrogen and oxygen atoms in total. The molecule has 172 valence electrons. The Morgan fingerprint density at radius 2 is 1.23 bits per heavy atom. The maximum absolute atomic E-state index is 4.42. The summed E-state index contributed by atoms with van der Waals surface area (Å²) >= 11 is 0. The second-order valence-electron chi connectivity index (χ2n) is 8.32. The molecule has 0 saturated heterocycles. The smallest absolute Gasteiger partial charge is 0.0956 e. The third kappa shape index (κ3) is 3.64. The molecule has 0 atom stereocenters. The van der Waals surface area contributed by atoms with Crippen LogP contribution >= 0.6 is 0 Å². The molecular formula is C31H28N4. The van der Waals surface area contributed by atoms with E-state index >= 15 is 0 Å². The molecule has 0 N–H and O–H groups in total. The van der Waals surface area contributed by atoms with Gasteiger partial charge in [-0.05, 0) is 69.3 Å². The average molecular weight is 457 g/mol. The minimum atomic E-state index is 0.889. The van der Waals surface area contributed by atoms with Crippen molar-refractivity contribution in [3.63, 3.8) is 0 Å². The average Bonchev–Trinajstić information content (AvgIpc) is 3.39. The molecule has 0 fully saturated rings. The number of hydrogen-bond donors (Lipinski definition) is 0. The first-order valence-corrected chi connectivity index (χ1v) is 11.8. The van der Waals surface area contributed by atoms with Gasteiger partial charge in [-0.25, -0.2) is 0 Å². The van der Waals surface area contributed by atoms with E-state index in [-0.39, 0.29) is 0 Å². The molecule has 0 aliphatic heterocycles. The number of fused-ring (bicyclic) bond motifs is 2. The van der Waals surface area contributed by atoms with Gasteiger partial charge in [-0.15, -0.1) is 0 Å². The van der Waals surface area contributed by atoms with Gasteiger partial charge < -0.3 is 9.13 Å². The summed E-state index contributed by atoms with van der Waals surface area (Å²) in [5.41, 5.74) is 8.13. The molecule has 0 radical (unpaired) electrons. The number of nitrogens with zero attached hydrogens (tertiary/aromatic N) is 4. The van der Waals surface area contributed by atoms with Crippen molar-refractivity contribution in [3.8, 4) is 11.4 Å². The lowest BCUT2D eigenvalue weighted by molar-refractivity contribution is 1.06. The molecule has 2 aromatic heterocycles. The number of allylic oxidation sites excluding steroid dienone is 2. The second kappa shape index (κ2) is 9.43. The predicted octanol–water partition coefficient (Wildman–Crippen LogP) is 8.69. The molecule has 0 saturated carbocycles. The van der Waals surface area contributed by atoms with Crippen LogP contribution in [0.25, 0.3) is 45.3 Å². The topological polar surface area (TPSA) is 34.6 Å². The molecule has 0 aliphatic rings. The lowest BCUT2D eigenvalue weighted by atomic mass is 10.2. The van der Waals surface area contributed by atoms with Crippen LogP contribution < -0.4 is 0 Å². The molecule has 0 bridgehead atoms. The Hall–Kier alpha value is -4.44. The SMILES string of the molecule is C=Nc1c(/C=C\C)n(-c2cccc(-n3c(/C=C\CC)c(N=C)c4ccccc43)c2)c2ccccc12. The van der Waals surface area contributed by atoms with Crippen LogP contribution in [0.2, 0.25) is 0 Å². The number of para-hydroxylation sites is 2. The Morgan fingerprint density at radius 1 is 0.714 bits per heavy atom. The van der Waals surface area contributed by atoms with Gasteiger partial charge in [-0.2, -0.15) is 0 Å². The summed E-state index contributed by atoms with van der Waals surface area (Å²) in [7, 11) is 0. The van der Waals surface area contributed by atoms with Gasteiger partial charge in [0.05, 0.1) is 33.8 Å². The van der Waals surface area contributed by atoms with E-state index in [0.717, 1.165) is 62.4 Å². The fourth-order valence-corrected chi connectivity index (χ4v) is 4.84. The normalized spacial score (nSPS) is 11.8. The van der Waals surface area contributed by atoms with Crippen LogP contribution in [0, 0.1) is 0 Å². The zero-order valence-corrected chi connectivity index (χ0v) is 20.1. The van der Waals surface area contributed by atoms with Gasteiger partial charge in [-0.1, -0.05) is 61.5 Å². The molecule has 2 heterocycles. The summed E-state index contributed by atoms with van der Waals surface area (Å²) in [4.78, 5) is 8.81. The van der Waals surface area contributed by atoms with Crippen molar-refractivity contribution in [1.82, 2.24) is 9.13 Å². The molecule has 0 spiro atoms. The summed E-state index contributed by atoms with van der Waals surface area (Å²) in [5, 5.41) is 2.17. The lowest BCUT2D eigenvalue weighted by Gasteiger charge is -2.14. The first-order chi connectivity index (χ1) is 17.2. The molecule has 35 heavy (non-hydrogen) atoms. The van der Waals surface area contributed by atoms with E-state index in [0.29, 0.717) is 0 Å². The largest absolute Gasteiger partial charge is 0.308 e. The molecular weight excluding hydrogens is 428 g/mol. The summed E-state index contributed by atoms with van der Waals surface area (Å²) in [5.74, 6) is 0. The fraction of sp³-hybridized carbons (Fsp3) is 0.0968. The van der Waals surface area contributed by atoms with Crippen LogP contribution in [0.3, 0.4) is 0 Å². The molecule has 0 amide bonds. The maximum atomic E-state index is 4.42. The van der Waals surface area contributed by atoms with Gasteiger partial charge in [0.15, 0.2) is 0 Å². The van der Waals surface area contributed by atoms with Crippen LogP contribution in [0.15, 0.2) is 94.9 Å². The first-order valence-electron chi connectivity index (χ1n) is 11.8. The van der Waals surface area contributed by atoms with Crippen LogP contribution in [0.1, 0.15) is 31.7 Å². The Kier molecular flexibility index (Phi) is 6.02. The number of aromatic nitrogens is 2. The van der Waals surface area contributed by atoms with E-state index in [1.165, 1.54) is 0 Å². The zero-order chi connectivity index (χ0) is 24.4. The van der Waals surface area contributed by atoms with E-state index < -0.39 is 0 Å². The highest BCUT2D eigenvalue weighted by Gasteiger charge is 2.18. The van der Waals surface area contributed by atoms with Gasteiger partial charge >= 0.3 is 0 Å². The molecule has 0 aliphatic carbocycles. The monoisotopic (exact) mass is 456 g/mol. The minimum absolute atomic E-state index is 0.889. The first kappa shape index (κ1) is 22.4. The highest BCUT2D eigenvalue weighted by Crippen LogP contribution is 2.39. The predicted molar refractivity (Wildman–Crippen MR) is 153 cm³/mol. The van der Waals surface area contributed by atoms with E-state index in [1.807, 2.05) is 25.1 Å². The van der Waals surface area contributed by atoms with Gasteiger partial charge in [-0.3, -0.25) is 9.98 Å². The quantitative estimate of drug-likeness (QED) is 0.220. The van der Waals surface area contributed by atoms with Crippen LogP contribution in [0.5, 0.6) is 0 Å².